The third-order valence-electron chi connectivity index (χ3n) is 4.61. The Balaban J connectivity index is 1.46. The van der Waals surface area contributed by atoms with Crippen molar-refractivity contribution < 1.29 is 4.79 Å². The number of carbonyl (C=O) groups is 1. The molecule has 0 aromatic heterocycles. The van der Waals surface area contributed by atoms with Gasteiger partial charge in [0.1, 0.15) is 0 Å². The summed E-state index contributed by atoms with van der Waals surface area (Å²) in [6.07, 6.45) is 5.69. The van der Waals surface area contributed by atoms with Crippen LogP contribution in [0.15, 0.2) is 30.3 Å². The van der Waals surface area contributed by atoms with Gasteiger partial charge in [-0.15, -0.1) is 0 Å². The molecule has 2 aliphatic carbocycles. The molecule has 0 bridgehead atoms. The van der Waals surface area contributed by atoms with Crippen molar-refractivity contribution in [1.82, 2.24) is 5.32 Å². The van der Waals surface area contributed by atoms with E-state index < -0.39 is 0 Å². The average Bonchev–Trinajstić information content (AvgIpc) is 3.29. The second-order valence-electron chi connectivity index (χ2n) is 6.13. The highest BCUT2D eigenvalue weighted by Crippen LogP contribution is 2.60. The fraction of sp³-hybridized carbons (Fsp3) is 0.562. The minimum Gasteiger partial charge on any atom is -0.355 e. The molecule has 0 spiro atoms. The van der Waals surface area contributed by atoms with Crippen LogP contribution < -0.4 is 11.1 Å². The highest BCUT2D eigenvalue weighted by molar-refractivity contribution is 5.76. The van der Waals surface area contributed by atoms with E-state index in [1.165, 1.54) is 25.7 Å². The summed E-state index contributed by atoms with van der Waals surface area (Å²) in [4.78, 5) is 12.0. The Morgan fingerprint density at radius 1 is 1.32 bits per heavy atom. The van der Waals surface area contributed by atoms with Gasteiger partial charge in [-0.3, -0.25) is 4.79 Å². The molecule has 3 N–H and O–H groups in total. The van der Waals surface area contributed by atoms with Crippen LogP contribution in [0.25, 0.3) is 0 Å². The minimum atomic E-state index is -0.197. The van der Waals surface area contributed by atoms with Crippen LogP contribution in [-0.2, 0) is 4.79 Å². The maximum absolute atomic E-state index is 12.0. The molecule has 0 saturated heterocycles. The summed E-state index contributed by atoms with van der Waals surface area (Å²) >= 11 is 0. The Bertz CT molecular complexity index is 449. The van der Waals surface area contributed by atoms with Crippen LogP contribution >= 0.6 is 0 Å². The van der Waals surface area contributed by atoms with Gasteiger partial charge in [-0.1, -0.05) is 30.3 Å². The molecule has 2 saturated carbocycles. The van der Waals surface area contributed by atoms with E-state index in [1.54, 1.807) is 0 Å². The summed E-state index contributed by atoms with van der Waals surface area (Å²) < 4.78 is 0. The van der Waals surface area contributed by atoms with E-state index in [-0.39, 0.29) is 11.9 Å². The van der Waals surface area contributed by atoms with E-state index in [2.05, 4.69) is 5.32 Å². The van der Waals surface area contributed by atoms with Gasteiger partial charge < -0.3 is 11.1 Å². The Kier molecular flexibility index (Phi) is 3.31. The van der Waals surface area contributed by atoms with Crippen molar-refractivity contribution in [3.8, 4) is 0 Å². The molecule has 0 aliphatic heterocycles. The van der Waals surface area contributed by atoms with Gasteiger partial charge in [-0.25, -0.2) is 0 Å². The summed E-state index contributed by atoms with van der Waals surface area (Å²) in [7, 11) is 0. The monoisotopic (exact) mass is 258 g/mol. The molecule has 1 atom stereocenters. The van der Waals surface area contributed by atoms with E-state index in [0.717, 1.165) is 18.0 Å². The molecule has 19 heavy (non-hydrogen) atoms. The quantitative estimate of drug-likeness (QED) is 0.823. The van der Waals surface area contributed by atoms with Crippen molar-refractivity contribution in [3.05, 3.63) is 35.9 Å². The first kappa shape index (κ1) is 12.7. The number of nitrogens with two attached hydrogens (primary N) is 1. The number of carbonyl (C=O) groups excluding carboxylic acids is 1. The largest absolute Gasteiger partial charge is 0.355 e. The Labute approximate surface area is 114 Å². The Morgan fingerprint density at radius 2 is 2.00 bits per heavy atom. The third-order valence-corrected chi connectivity index (χ3v) is 4.61. The molecule has 0 heterocycles. The molecule has 1 aromatic rings. The van der Waals surface area contributed by atoms with Gasteiger partial charge in [0.25, 0.3) is 0 Å². The molecule has 3 rings (SSSR count). The average molecular weight is 258 g/mol. The van der Waals surface area contributed by atoms with Gasteiger partial charge >= 0.3 is 0 Å². The lowest BCUT2D eigenvalue weighted by molar-refractivity contribution is -0.121. The van der Waals surface area contributed by atoms with Crippen molar-refractivity contribution >= 4 is 5.91 Å². The lowest BCUT2D eigenvalue weighted by Gasteiger charge is -2.16. The van der Waals surface area contributed by atoms with E-state index in [1.807, 2.05) is 30.3 Å². The maximum Gasteiger partial charge on any atom is 0.221 e. The number of amides is 1. The number of hydrogen-bond acceptors (Lipinski definition) is 2. The molecule has 3 nitrogen and oxygen atoms in total. The van der Waals surface area contributed by atoms with Gasteiger partial charge in [-0.05, 0) is 42.6 Å². The first-order valence-corrected chi connectivity index (χ1v) is 7.27. The first-order chi connectivity index (χ1) is 9.20. The molecule has 0 radical (unpaired) electrons. The zero-order chi connectivity index (χ0) is 13.3. The fourth-order valence-electron chi connectivity index (χ4n) is 2.95. The predicted molar refractivity (Wildman–Crippen MR) is 75.4 cm³/mol. The second kappa shape index (κ2) is 4.97. The predicted octanol–water partition coefficient (Wildman–Crippen LogP) is 2.38. The third kappa shape index (κ3) is 2.98. The molecular weight excluding hydrogens is 236 g/mol. The number of rotatable bonds is 6. The minimum absolute atomic E-state index is 0.0864. The summed E-state index contributed by atoms with van der Waals surface area (Å²) in [6, 6.07) is 9.63. The van der Waals surface area contributed by atoms with Crippen LogP contribution in [0.2, 0.25) is 0 Å². The highest BCUT2D eigenvalue weighted by atomic mass is 16.1. The highest BCUT2D eigenvalue weighted by Gasteiger charge is 2.53. The number of benzene rings is 1. The lowest BCUT2D eigenvalue weighted by atomic mass is 10.00. The molecule has 1 unspecified atom stereocenters. The van der Waals surface area contributed by atoms with Crippen LogP contribution in [0.1, 0.15) is 43.7 Å². The van der Waals surface area contributed by atoms with Gasteiger partial charge in [0.05, 0.1) is 0 Å². The van der Waals surface area contributed by atoms with Crippen molar-refractivity contribution in [2.24, 2.45) is 17.1 Å². The van der Waals surface area contributed by atoms with Crippen molar-refractivity contribution in [2.75, 3.05) is 6.54 Å². The Morgan fingerprint density at radius 3 is 2.58 bits per heavy atom. The van der Waals surface area contributed by atoms with Gasteiger partial charge in [-0.2, -0.15) is 0 Å². The molecule has 2 fully saturated rings. The maximum atomic E-state index is 12.0. The second-order valence-corrected chi connectivity index (χ2v) is 6.13. The van der Waals surface area contributed by atoms with Crippen LogP contribution in [0.4, 0.5) is 0 Å². The van der Waals surface area contributed by atoms with Crippen LogP contribution in [0.5, 0.6) is 0 Å². The lowest BCUT2D eigenvalue weighted by Crippen LogP contribution is -2.33. The summed E-state index contributed by atoms with van der Waals surface area (Å²) in [5.74, 6) is 0.971. The van der Waals surface area contributed by atoms with E-state index in [4.69, 9.17) is 5.73 Å². The normalized spacial score (nSPS) is 21.7. The molecule has 3 heteroatoms. The van der Waals surface area contributed by atoms with E-state index in [9.17, 15) is 4.79 Å². The van der Waals surface area contributed by atoms with Crippen LogP contribution in [0.3, 0.4) is 0 Å². The van der Waals surface area contributed by atoms with Crippen molar-refractivity contribution in [2.45, 2.75) is 38.1 Å². The van der Waals surface area contributed by atoms with Crippen LogP contribution in [-0.4, -0.2) is 12.5 Å². The van der Waals surface area contributed by atoms with Gasteiger partial charge in [0, 0.05) is 19.0 Å². The zero-order valence-electron chi connectivity index (χ0n) is 11.3. The molecule has 1 aromatic carbocycles. The Hall–Kier alpha value is -1.35. The van der Waals surface area contributed by atoms with E-state index in [0.29, 0.717) is 11.8 Å². The van der Waals surface area contributed by atoms with E-state index >= 15 is 0 Å². The summed E-state index contributed by atoms with van der Waals surface area (Å²) in [6.45, 7) is 0.859. The zero-order valence-corrected chi connectivity index (χ0v) is 11.3. The van der Waals surface area contributed by atoms with Crippen molar-refractivity contribution in [3.63, 3.8) is 0 Å². The van der Waals surface area contributed by atoms with Crippen molar-refractivity contribution in [1.29, 1.82) is 0 Å². The number of hydrogen-bond donors (Lipinski definition) is 2. The molecular formula is C16H22N2O. The number of nitrogens with one attached hydrogen (secondary N) is 1. The molecule has 1 amide bonds. The molecule has 102 valence electrons. The smallest absolute Gasteiger partial charge is 0.221 e. The standard InChI is InChI=1S/C16H22N2O/c17-14(12-4-2-1-3-5-12)10-15(19)18-11-16(8-9-16)13-6-7-13/h1-5,13-14H,6-11,17H2,(H,18,19). The fourth-order valence-corrected chi connectivity index (χ4v) is 2.95. The first-order valence-electron chi connectivity index (χ1n) is 7.27. The van der Waals surface area contributed by atoms with Gasteiger partial charge in [0.2, 0.25) is 5.91 Å². The summed E-state index contributed by atoms with van der Waals surface area (Å²) in [5, 5.41) is 3.09. The topological polar surface area (TPSA) is 55.1 Å². The van der Waals surface area contributed by atoms with Gasteiger partial charge in [0.15, 0.2) is 0 Å². The molecule has 2 aliphatic rings. The SMILES string of the molecule is NC(CC(=O)NCC1(C2CC2)CC1)c1ccccc1. The summed E-state index contributed by atoms with van der Waals surface area (Å²) in [5.41, 5.74) is 7.56. The van der Waals surface area contributed by atoms with Crippen LogP contribution in [0, 0.1) is 11.3 Å².